The fourth-order valence-electron chi connectivity index (χ4n) is 1.83. The standard InChI is InChI=1S/C16H17ClN4O2/c1-21(2)14-8-6-11(7-9-14)15(22)19-20-16(23)18-13-5-3-4-12(17)10-13/h3-10H,1-2H3,(H,19,22)(H2,18,20,23). The third kappa shape index (κ3) is 4.89. The van der Waals surface area contributed by atoms with Crippen molar-refractivity contribution in [3.63, 3.8) is 0 Å². The van der Waals surface area contributed by atoms with E-state index < -0.39 is 11.9 Å². The summed E-state index contributed by atoms with van der Waals surface area (Å²) < 4.78 is 0. The number of rotatable bonds is 3. The summed E-state index contributed by atoms with van der Waals surface area (Å²) in [4.78, 5) is 25.6. The molecule has 0 radical (unpaired) electrons. The van der Waals surface area contributed by atoms with E-state index in [0.717, 1.165) is 5.69 Å². The number of anilines is 2. The second-order valence-electron chi connectivity index (χ2n) is 4.98. The Bertz CT molecular complexity index is 701. The molecule has 0 bridgehead atoms. The number of benzene rings is 2. The van der Waals surface area contributed by atoms with Crippen molar-refractivity contribution in [3.05, 3.63) is 59.1 Å². The first kappa shape index (κ1) is 16.6. The first-order valence-corrected chi connectivity index (χ1v) is 7.24. The van der Waals surface area contributed by atoms with Crippen LogP contribution in [-0.2, 0) is 0 Å². The topological polar surface area (TPSA) is 73.5 Å². The van der Waals surface area contributed by atoms with Gasteiger partial charge in [0.2, 0.25) is 0 Å². The molecule has 0 atom stereocenters. The molecule has 0 saturated heterocycles. The predicted molar refractivity (Wildman–Crippen MR) is 91.8 cm³/mol. The summed E-state index contributed by atoms with van der Waals surface area (Å²) >= 11 is 5.83. The summed E-state index contributed by atoms with van der Waals surface area (Å²) in [5.74, 6) is -0.406. The highest BCUT2D eigenvalue weighted by Gasteiger charge is 2.08. The molecule has 23 heavy (non-hydrogen) atoms. The number of hydrogen-bond donors (Lipinski definition) is 3. The van der Waals surface area contributed by atoms with E-state index in [0.29, 0.717) is 16.3 Å². The number of hydrazine groups is 1. The first-order valence-electron chi connectivity index (χ1n) is 6.86. The number of amides is 3. The minimum Gasteiger partial charge on any atom is -0.378 e. The smallest absolute Gasteiger partial charge is 0.337 e. The van der Waals surface area contributed by atoms with Crippen LogP contribution in [0.4, 0.5) is 16.2 Å². The molecular formula is C16H17ClN4O2. The van der Waals surface area contributed by atoms with Crippen LogP contribution in [0.1, 0.15) is 10.4 Å². The number of nitrogens with one attached hydrogen (secondary N) is 3. The van der Waals surface area contributed by atoms with Gasteiger partial charge in [0.25, 0.3) is 5.91 Å². The molecule has 6 nitrogen and oxygen atoms in total. The Labute approximate surface area is 139 Å². The van der Waals surface area contributed by atoms with Crippen LogP contribution in [0.25, 0.3) is 0 Å². The third-order valence-electron chi connectivity index (χ3n) is 3.02. The van der Waals surface area contributed by atoms with Gasteiger partial charge in [-0.25, -0.2) is 10.2 Å². The Kier molecular flexibility index (Phi) is 5.43. The lowest BCUT2D eigenvalue weighted by atomic mass is 10.2. The van der Waals surface area contributed by atoms with Crippen LogP contribution < -0.4 is 21.1 Å². The second kappa shape index (κ2) is 7.51. The average Bonchev–Trinajstić information content (AvgIpc) is 2.52. The molecule has 3 N–H and O–H groups in total. The molecule has 0 aliphatic carbocycles. The van der Waals surface area contributed by atoms with Gasteiger partial charge in [-0.2, -0.15) is 0 Å². The van der Waals surface area contributed by atoms with Gasteiger partial charge in [-0.15, -0.1) is 0 Å². The zero-order valence-electron chi connectivity index (χ0n) is 12.8. The van der Waals surface area contributed by atoms with E-state index in [-0.39, 0.29) is 0 Å². The quantitative estimate of drug-likeness (QED) is 0.757. The van der Waals surface area contributed by atoms with Crippen molar-refractivity contribution in [2.24, 2.45) is 0 Å². The number of hydrogen-bond acceptors (Lipinski definition) is 3. The first-order chi connectivity index (χ1) is 11.0. The molecule has 0 heterocycles. The van der Waals surface area contributed by atoms with Crippen LogP contribution in [0.2, 0.25) is 5.02 Å². The lowest BCUT2D eigenvalue weighted by Crippen LogP contribution is -2.43. The number of nitrogens with zero attached hydrogens (tertiary/aromatic N) is 1. The van der Waals surface area contributed by atoms with Crippen molar-refractivity contribution < 1.29 is 9.59 Å². The zero-order chi connectivity index (χ0) is 16.8. The van der Waals surface area contributed by atoms with Crippen LogP contribution in [-0.4, -0.2) is 26.0 Å². The van der Waals surface area contributed by atoms with Crippen molar-refractivity contribution in [3.8, 4) is 0 Å². The Balaban J connectivity index is 1.87. The summed E-state index contributed by atoms with van der Waals surface area (Å²) in [7, 11) is 3.83. The fourth-order valence-corrected chi connectivity index (χ4v) is 2.02. The number of carbonyl (C=O) groups is 2. The largest absolute Gasteiger partial charge is 0.378 e. The number of urea groups is 1. The highest BCUT2D eigenvalue weighted by Crippen LogP contribution is 2.14. The average molecular weight is 333 g/mol. The van der Waals surface area contributed by atoms with E-state index in [1.165, 1.54) is 0 Å². The van der Waals surface area contributed by atoms with Gasteiger partial charge in [0.15, 0.2) is 0 Å². The SMILES string of the molecule is CN(C)c1ccc(C(=O)NNC(=O)Nc2cccc(Cl)c2)cc1. The molecular weight excluding hydrogens is 316 g/mol. The monoisotopic (exact) mass is 332 g/mol. The van der Waals surface area contributed by atoms with Crippen LogP contribution in [0.5, 0.6) is 0 Å². The molecule has 0 spiro atoms. The van der Waals surface area contributed by atoms with Gasteiger partial charge in [-0.05, 0) is 42.5 Å². The van der Waals surface area contributed by atoms with Crippen molar-refractivity contribution in [1.29, 1.82) is 0 Å². The van der Waals surface area contributed by atoms with Gasteiger partial charge in [0.05, 0.1) is 0 Å². The Morgan fingerprint density at radius 2 is 1.70 bits per heavy atom. The number of carbonyl (C=O) groups excluding carboxylic acids is 2. The number of halogens is 1. The maximum Gasteiger partial charge on any atom is 0.337 e. The summed E-state index contributed by atoms with van der Waals surface area (Å²) in [5, 5.41) is 3.06. The van der Waals surface area contributed by atoms with Gasteiger partial charge in [-0.1, -0.05) is 17.7 Å². The normalized spacial score (nSPS) is 9.87. The van der Waals surface area contributed by atoms with Gasteiger partial charge >= 0.3 is 6.03 Å². The molecule has 120 valence electrons. The van der Waals surface area contributed by atoms with Crippen LogP contribution in [0.15, 0.2) is 48.5 Å². The van der Waals surface area contributed by atoms with Crippen LogP contribution >= 0.6 is 11.6 Å². The third-order valence-corrected chi connectivity index (χ3v) is 3.25. The van der Waals surface area contributed by atoms with E-state index in [1.807, 2.05) is 31.1 Å². The lowest BCUT2D eigenvalue weighted by molar-refractivity contribution is 0.0938. The van der Waals surface area contributed by atoms with Crippen molar-refractivity contribution in [2.45, 2.75) is 0 Å². The van der Waals surface area contributed by atoms with Crippen LogP contribution in [0, 0.1) is 0 Å². The van der Waals surface area contributed by atoms with E-state index >= 15 is 0 Å². The molecule has 0 saturated carbocycles. The highest BCUT2D eigenvalue weighted by molar-refractivity contribution is 6.30. The zero-order valence-corrected chi connectivity index (χ0v) is 13.5. The van der Waals surface area contributed by atoms with E-state index in [9.17, 15) is 9.59 Å². The van der Waals surface area contributed by atoms with Gasteiger partial charge in [-0.3, -0.25) is 10.2 Å². The Morgan fingerprint density at radius 1 is 1.00 bits per heavy atom. The molecule has 0 aliphatic heterocycles. The summed E-state index contributed by atoms with van der Waals surface area (Å²) in [5.41, 5.74) is 6.57. The second-order valence-corrected chi connectivity index (χ2v) is 5.42. The minimum atomic E-state index is -0.564. The van der Waals surface area contributed by atoms with E-state index in [1.54, 1.807) is 36.4 Å². The van der Waals surface area contributed by atoms with Crippen molar-refractivity contribution in [1.82, 2.24) is 10.9 Å². The lowest BCUT2D eigenvalue weighted by Gasteiger charge is -2.13. The van der Waals surface area contributed by atoms with Crippen molar-refractivity contribution in [2.75, 3.05) is 24.3 Å². The van der Waals surface area contributed by atoms with E-state index in [4.69, 9.17) is 11.6 Å². The molecule has 7 heteroatoms. The Hall–Kier alpha value is -2.73. The molecule has 3 amide bonds. The van der Waals surface area contributed by atoms with E-state index in [2.05, 4.69) is 16.2 Å². The van der Waals surface area contributed by atoms with Gasteiger partial charge in [0.1, 0.15) is 0 Å². The summed E-state index contributed by atoms with van der Waals surface area (Å²) in [6, 6.07) is 13.1. The molecule has 2 aromatic rings. The maximum atomic E-state index is 11.9. The molecule has 0 aromatic heterocycles. The van der Waals surface area contributed by atoms with Gasteiger partial charge in [0, 0.05) is 36.1 Å². The molecule has 0 fully saturated rings. The maximum absolute atomic E-state index is 11.9. The molecule has 0 aliphatic rings. The highest BCUT2D eigenvalue weighted by atomic mass is 35.5. The van der Waals surface area contributed by atoms with Crippen LogP contribution in [0.3, 0.4) is 0 Å². The molecule has 2 rings (SSSR count). The Morgan fingerprint density at radius 3 is 2.30 bits per heavy atom. The van der Waals surface area contributed by atoms with Crippen molar-refractivity contribution >= 4 is 34.9 Å². The predicted octanol–water partition coefficient (Wildman–Crippen LogP) is 2.87. The minimum absolute atomic E-state index is 0.406. The van der Waals surface area contributed by atoms with Gasteiger partial charge < -0.3 is 10.2 Å². The molecule has 0 unspecified atom stereocenters. The summed E-state index contributed by atoms with van der Waals surface area (Å²) in [6.45, 7) is 0. The summed E-state index contributed by atoms with van der Waals surface area (Å²) in [6.07, 6.45) is 0. The fraction of sp³-hybridized carbons (Fsp3) is 0.125. The molecule has 2 aromatic carbocycles.